The van der Waals surface area contributed by atoms with Crippen LogP contribution < -0.4 is 5.73 Å². The molecule has 0 spiro atoms. The third-order valence-electron chi connectivity index (χ3n) is 3.58. The quantitative estimate of drug-likeness (QED) is 0.834. The number of hydrogen-bond acceptors (Lipinski definition) is 2. The van der Waals surface area contributed by atoms with Crippen molar-refractivity contribution < 1.29 is 0 Å². The minimum absolute atomic E-state index is 0.749. The maximum atomic E-state index is 5.67. The second-order valence-corrected chi connectivity index (χ2v) is 5.26. The molecule has 0 saturated heterocycles. The Kier molecular flexibility index (Phi) is 5.78. The minimum atomic E-state index is 0.749. The maximum Gasteiger partial charge on any atom is 0.0239 e. The molecule has 0 bridgehead atoms. The van der Waals surface area contributed by atoms with Crippen molar-refractivity contribution in [2.75, 3.05) is 13.1 Å². The van der Waals surface area contributed by atoms with Gasteiger partial charge in [0.2, 0.25) is 0 Å². The first-order valence-corrected chi connectivity index (χ1v) is 7.30. The molecule has 0 heterocycles. The lowest BCUT2D eigenvalue weighted by Gasteiger charge is -2.23. The largest absolute Gasteiger partial charge is 0.330 e. The lowest BCUT2D eigenvalue weighted by atomic mass is 10.1. The fraction of sp³-hybridized carbons (Fsp3) is 0.333. The number of nitrogens with zero attached hydrogens (tertiary/aromatic N) is 1. The molecule has 0 fully saturated rings. The average Bonchev–Trinajstić information content (AvgIpc) is 2.48. The lowest BCUT2D eigenvalue weighted by molar-refractivity contribution is 0.254. The monoisotopic (exact) mass is 268 g/mol. The van der Waals surface area contributed by atoms with Crippen LogP contribution in [0.4, 0.5) is 0 Å². The molecule has 0 saturated carbocycles. The fourth-order valence-electron chi connectivity index (χ4n) is 2.40. The minimum Gasteiger partial charge on any atom is -0.330 e. The van der Waals surface area contributed by atoms with Gasteiger partial charge in [0, 0.05) is 19.6 Å². The first-order valence-electron chi connectivity index (χ1n) is 7.30. The molecule has 2 heteroatoms. The van der Waals surface area contributed by atoms with E-state index >= 15 is 0 Å². The summed E-state index contributed by atoms with van der Waals surface area (Å²) in [6, 6.07) is 19.3. The molecule has 0 amide bonds. The predicted octanol–water partition coefficient (Wildman–Crippen LogP) is 3.35. The molecule has 2 N–H and O–H groups in total. The van der Waals surface area contributed by atoms with Gasteiger partial charge in [-0.3, -0.25) is 4.90 Å². The molecule has 2 aromatic rings. The van der Waals surface area contributed by atoms with Gasteiger partial charge in [0.25, 0.3) is 0 Å². The normalized spacial score (nSPS) is 10.9. The zero-order chi connectivity index (χ0) is 14.2. The van der Waals surface area contributed by atoms with Gasteiger partial charge < -0.3 is 5.73 Å². The van der Waals surface area contributed by atoms with E-state index in [1.54, 1.807) is 0 Å². The van der Waals surface area contributed by atoms with Crippen LogP contribution in [0.25, 0.3) is 0 Å². The van der Waals surface area contributed by atoms with E-state index in [0.29, 0.717) is 0 Å². The van der Waals surface area contributed by atoms with E-state index in [2.05, 4.69) is 66.4 Å². The molecule has 106 valence electrons. The van der Waals surface area contributed by atoms with Crippen LogP contribution in [-0.4, -0.2) is 18.0 Å². The molecule has 0 radical (unpaired) electrons. The SMILES string of the molecule is Cc1ccccc1CN(CCCN)Cc1ccccc1. The summed E-state index contributed by atoms with van der Waals surface area (Å²) in [5.74, 6) is 0. The van der Waals surface area contributed by atoms with Crippen LogP contribution >= 0.6 is 0 Å². The highest BCUT2D eigenvalue weighted by Crippen LogP contribution is 2.13. The topological polar surface area (TPSA) is 29.3 Å². The van der Waals surface area contributed by atoms with Crippen molar-refractivity contribution in [3.8, 4) is 0 Å². The van der Waals surface area contributed by atoms with E-state index in [0.717, 1.165) is 32.6 Å². The second kappa shape index (κ2) is 7.83. The van der Waals surface area contributed by atoms with Crippen molar-refractivity contribution in [3.05, 3.63) is 71.3 Å². The van der Waals surface area contributed by atoms with Crippen molar-refractivity contribution in [3.63, 3.8) is 0 Å². The van der Waals surface area contributed by atoms with Gasteiger partial charge in [-0.2, -0.15) is 0 Å². The third kappa shape index (κ3) is 4.48. The van der Waals surface area contributed by atoms with Gasteiger partial charge in [-0.05, 0) is 36.6 Å². The summed E-state index contributed by atoms with van der Waals surface area (Å²) in [5.41, 5.74) is 9.79. The van der Waals surface area contributed by atoms with E-state index in [-0.39, 0.29) is 0 Å². The maximum absolute atomic E-state index is 5.67. The van der Waals surface area contributed by atoms with E-state index in [9.17, 15) is 0 Å². The van der Waals surface area contributed by atoms with Gasteiger partial charge in [-0.1, -0.05) is 54.6 Å². The van der Waals surface area contributed by atoms with Crippen LogP contribution in [0.3, 0.4) is 0 Å². The zero-order valence-electron chi connectivity index (χ0n) is 12.3. The Morgan fingerprint density at radius 2 is 1.60 bits per heavy atom. The molecular weight excluding hydrogens is 244 g/mol. The molecule has 2 rings (SSSR count). The highest BCUT2D eigenvalue weighted by atomic mass is 15.1. The van der Waals surface area contributed by atoms with Crippen LogP contribution in [0.5, 0.6) is 0 Å². The summed E-state index contributed by atoms with van der Waals surface area (Å²) in [6.07, 6.45) is 1.04. The third-order valence-corrected chi connectivity index (χ3v) is 3.58. The van der Waals surface area contributed by atoms with Gasteiger partial charge in [0.05, 0.1) is 0 Å². The van der Waals surface area contributed by atoms with E-state index in [1.807, 2.05) is 0 Å². The molecule has 0 aliphatic heterocycles. The Morgan fingerprint density at radius 3 is 2.30 bits per heavy atom. The van der Waals surface area contributed by atoms with Crippen molar-refractivity contribution >= 4 is 0 Å². The lowest BCUT2D eigenvalue weighted by Crippen LogP contribution is -2.26. The highest BCUT2D eigenvalue weighted by molar-refractivity contribution is 5.25. The molecule has 0 atom stereocenters. The van der Waals surface area contributed by atoms with E-state index < -0.39 is 0 Å². The molecule has 20 heavy (non-hydrogen) atoms. The summed E-state index contributed by atoms with van der Waals surface area (Å²) >= 11 is 0. The van der Waals surface area contributed by atoms with Gasteiger partial charge >= 0.3 is 0 Å². The van der Waals surface area contributed by atoms with Crippen molar-refractivity contribution in [2.45, 2.75) is 26.4 Å². The Morgan fingerprint density at radius 1 is 0.900 bits per heavy atom. The Labute approximate surface area is 122 Å². The molecule has 0 aromatic heterocycles. The summed E-state index contributed by atoms with van der Waals surface area (Å²) in [6.45, 7) is 5.94. The number of aryl methyl sites for hydroxylation is 1. The van der Waals surface area contributed by atoms with Gasteiger partial charge in [-0.15, -0.1) is 0 Å². The second-order valence-electron chi connectivity index (χ2n) is 5.26. The Balaban J connectivity index is 2.05. The number of hydrogen-bond donors (Lipinski definition) is 1. The fourth-order valence-corrected chi connectivity index (χ4v) is 2.40. The molecular formula is C18H24N2. The summed E-state index contributed by atoms with van der Waals surface area (Å²) < 4.78 is 0. The number of benzene rings is 2. The van der Waals surface area contributed by atoms with Gasteiger partial charge in [-0.25, -0.2) is 0 Å². The zero-order valence-corrected chi connectivity index (χ0v) is 12.3. The van der Waals surface area contributed by atoms with Crippen molar-refractivity contribution in [1.82, 2.24) is 4.90 Å². The predicted molar refractivity (Wildman–Crippen MR) is 85.4 cm³/mol. The molecule has 0 unspecified atom stereocenters. The van der Waals surface area contributed by atoms with Crippen LogP contribution in [0.1, 0.15) is 23.1 Å². The molecule has 0 aliphatic carbocycles. The van der Waals surface area contributed by atoms with E-state index in [4.69, 9.17) is 5.73 Å². The Bertz CT molecular complexity index is 508. The van der Waals surface area contributed by atoms with Crippen LogP contribution in [0.2, 0.25) is 0 Å². The Hall–Kier alpha value is -1.64. The highest BCUT2D eigenvalue weighted by Gasteiger charge is 2.08. The van der Waals surface area contributed by atoms with Crippen LogP contribution in [0.15, 0.2) is 54.6 Å². The first-order chi connectivity index (χ1) is 9.79. The first kappa shape index (κ1) is 14.8. The summed E-state index contributed by atoms with van der Waals surface area (Å²) in [7, 11) is 0. The van der Waals surface area contributed by atoms with Crippen LogP contribution in [0, 0.1) is 6.92 Å². The van der Waals surface area contributed by atoms with Crippen molar-refractivity contribution in [2.24, 2.45) is 5.73 Å². The summed E-state index contributed by atoms with van der Waals surface area (Å²) in [5, 5.41) is 0. The van der Waals surface area contributed by atoms with Crippen LogP contribution in [-0.2, 0) is 13.1 Å². The standard InChI is InChI=1S/C18H24N2/c1-16-8-5-6-11-18(16)15-20(13-7-12-19)14-17-9-3-2-4-10-17/h2-6,8-11H,7,12-15,19H2,1H3. The number of rotatable bonds is 7. The van der Waals surface area contributed by atoms with Gasteiger partial charge in [0.1, 0.15) is 0 Å². The van der Waals surface area contributed by atoms with Crippen molar-refractivity contribution in [1.29, 1.82) is 0 Å². The average molecular weight is 268 g/mol. The molecule has 2 nitrogen and oxygen atoms in total. The van der Waals surface area contributed by atoms with Gasteiger partial charge in [0.15, 0.2) is 0 Å². The molecule has 2 aromatic carbocycles. The van der Waals surface area contributed by atoms with E-state index in [1.165, 1.54) is 16.7 Å². The number of nitrogens with two attached hydrogens (primary N) is 1. The summed E-state index contributed by atoms with van der Waals surface area (Å²) in [4.78, 5) is 2.48. The molecule has 0 aliphatic rings. The smallest absolute Gasteiger partial charge is 0.0239 e.